The van der Waals surface area contributed by atoms with Crippen LogP contribution in [0.25, 0.3) is 5.76 Å². The lowest BCUT2D eigenvalue weighted by Gasteiger charge is -2.23. The lowest BCUT2D eigenvalue weighted by atomic mass is 9.98. The molecule has 3 aromatic rings. The van der Waals surface area contributed by atoms with Crippen LogP contribution >= 0.6 is 0 Å². The zero-order chi connectivity index (χ0) is 21.5. The summed E-state index contributed by atoms with van der Waals surface area (Å²) in [6.45, 7) is 2.49. The maximum atomic E-state index is 13.0. The van der Waals surface area contributed by atoms with Crippen LogP contribution in [0.5, 0.6) is 5.75 Å². The Hall–Kier alpha value is -3.87. The van der Waals surface area contributed by atoms with Crippen LogP contribution in [0, 0.1) is 6.92 Å². The van der Waals surface area contributed by atoms with Crippen LogP contribution in [0.15, 0.2) is 64.7 Å². The number of aryl methyl sites for hydroxylation is 1. The Morgan fingerprint density at radius 3 is 2.81 bits per heavy atom. The van der Waals surface area contributed by atoms with Gasteiger partial charge in [-0.1, -0.05) is 6.07 Å². The van der Waals surface area contributed by atoms with Crippen molar-refractivity contribution < 1.29 is 23.8 Å². The quantitative estimate of drug-likeness (QED) is 0.397. The second-order valence-electron chi connectivity index (χ2n) is 7.62. The number of hydrogen-bond acceptors (Lipinski definition) is 6. The number of rotatable bonds is 4. The Kier molecular flexibility index (Phi) is 4.58. The third-order valence-corrected chi connectivity index (χ3v) is 5.59. The SMILES string of the molecule is Cc1ccc(C2/C(=C(/O)c3ccc4c(c3)CCO4)C(=O)C(=O)N2Cc2ccccn2)o1. The molecule has 0 spiro atoms. The second-order valence-corrected chi connectivity index (χ2v) is 7.62. The molecule has 156 valence electrons. The van der Waals surface area contributed by atoms with E-state index in [-0.39, 0.29) is 17.9 Å². The highest BCUT2D eigenvalue weighted by Crippen LogP contribution is 2.41. The van der Waals surface area contributed by atoms with Gasteiger partial charge in [-0.25, -0.2) is 0 Å². The molecule has 2 aliphatic rings. The van der Waals surface area contributed by atoms with Crippen LogP contribution in [0.2, 0.25) is 0 Å². The van der Waals surface area contributed by atoms with Gasteiger partial charge in [0.25, 0.3) is 11.7 Å². The van der Waals surface area contributed by atoms with Gasteiger partial charge in [-0.3, -0.25) is 14.6 Å². The molecule has 7 nitrogen and oxygen atoms in total. The Bertz CT molecular complexity index is 1210. The van der Waals surface area contributed by atoms with E-state index in [1.165, 1.54) is 4.90 Å². The number of ketones is 1. The zero-order valence-electron chi connectivity index (χ0n) is 16.9. The van der Waals surface area contributed by atoms with Crippen LogP contribution in [0.1, 0.15) is 34.4 Å². The molecule has 2 aromatic heterocycles. The Morgan fingerprint density at radius 1 is 1.19 bits per heavy atom. The lowest BCUT2D eigenvalue weighted by Crippen LogP contribution is -2.29. The number of likely N-dealkylation sites (tertiary alicyclic amines) is 1. The first-order chi connectivity index (χ1) is 15.0. The third-order valence-electron chi connectivity index (χ3n) is 5.59. The molecule has 1 aromatic carbocycles. The topological polar surface area (TPSA) is 92.9 Å². The average Bonchev–Trinajstić information content (AvgIpc) is 3.48. The number of Topliss-reactive ketones (excluding diaryl/α,β-unsaturated/α-hetero) is 1. The number of pyridine rings is 1. The predicted molar refractivity (Wildman–Crippen MR) is 111 cm³/mol. The zero-order valence-corrected chi connectivity index (χ0v) is 16.9. The first kappa shape index (κ1) is 19.1. The fraction of sp³-hybridized carbons (Fsp3) is 0.208. The summed E-state index contributed by atoms with van der Waals surface area (Å²) in [7, 11) is 0. The van der Waals surface area contributed by atoms with Crippen molar-refractivity contribution in [3.8, 4) is 5.75 Å². The van der Waals surface area contributed by atoms with Crippen LogP contribution < -0.4 is 4.74 Å². The molecule has 1 saturated heterocycles. The van der Waals surface area contributed by atoms with Gasteiger partial charge in [-0.15, -0.1) is 0 Å². The lowest BCUT2D eigenvalue weighted by molar-refractivity contribution is -0.140. The molecular weight excluding hydrogens is 396 g/mol. The van der Waals surface area contributed by atoms with Gasteiger partial charge in [-0.2, -0.15) is 0 Å². The van der Waals surface area contributed by atoms with E-state index in [1.807, 2.05) is 6.07 Å². The van der Waals surface area contributed by atoms with Crippen LogP contribution in [-0.4, -0.2) is 33.3 Å². The van der Waals surface area contributed by atoms with Crippen molar-refractivity contribution in [2.45, 2.75) is 25.9 Å². The molecule has 4 heterocycles. The number of benzene rings is 1. The molecule has 0 bridgehead atoms. The number of hydrogen-bond donors (Lipinski definition) is 1. The van der Waals surface area contributed by atoms with E-state index in [1.54, 1.807) is 55.6 Å². The summed E-state index contributed by atoms with van der Waals surface area (Å²) >= 11 is 0. The fourth-order valence-electron chi connectivity index (χ4n) is 4.09. The van der Waals surface area contributed by atoms with Crippen molar-refractivity contribution in [1.82, 2.24) is 9.88 Å². The average molecular weight is 416 g/mol. The molecule has 5 rings (SSSR count). The number of nitrogens with zero attached hydrogens (tertiary/aromatic N) is 2. The summed E-state index contributed by atoms with van der Waals surface area (Å²) in [6.07, 6.45) is 2.36. The number of amides is 1. The first-order valence-electron chi connectivity index (χ1n) is 10.0. The van der Waals surface area contributed by atoms with Gasteiger partial charge >= 0.3 is 0 Å². The molecule has 0 radical (unpaired) electrons. The second kappa shape index (κ2) is 7.43. The highest BCUT2D eigenvalue weighted by Gasteiger charge is 2.47. The standard InChI is InChI=1S/C24H20N2O5/c1-14-5-7-19(31-14)21-20(22(27)16-6-8-18-15(12-16)9-11-30-18)23(28)24(29)26(21)13-17-4-2-3-10-25-17/h2-8,10,12,21,27H,9,11,13H2,1H3/b22-20-. The molecular formula is C24H20N2O5. The summed E-state index contributed by atoms with van der Waals surface area (Å²) < 4.78 is 11.3. The molecule has 0 aliphatic carbocycles. The molecule has 1 N–H and O–H groups in total. The number of ether oxygens (including phenoxy) is 1. The highest BCUT2D eigenvalue weighted by atomic mass is 16.5. The molecule has 1 fully saturated rings. The number of carbonyl (C=O) groups excluding carboxylic acids is 2. The van der Waals surface area contributed by atoms with Gasteiger partial charge in [0.05, 0.1) is 24.4 Å². The van der Waals surface area contributed by atoms with Gasteiger partial charge < -0.3 is 19.2 Å². The minimum Gasteiger partial charge on any atom is -0.507 e. The fourth-order valence-corrected chi connectivity index (χ4v) is 4.09. The summed E-state index contributed by atoms with van der Waals surface area (Å²) in [5.41, 5.74) is 2.06. The van der Waals surface area contributed by atoms with E-state index in [0.717, 1.165) is 17.7 Å². The van der Waals surface area contributed by atoms with E-state index in [9.17, 15) is 14.7 Å². The van der Waals surface area contributed by atoms with Crippen LogP contribution in [0.3, 0.4) is 0 Å². The van der Waals surface area contributed by atoms with Crippen molar-refractivity contribution in [2.75, 3.05) is 6.61 Å². The van der Waals surface area contributed by atoms with Gasteiger partial charge in [0.15, 0.2) is 0 Å². The third kappa shape index (κ3) is 3.28. The molecule has 31 heavy (non-hydrogen) atoms. The van der Waals surface area contributed by atoms with Crippen molar-refractivity contribution >= 4 is 17.4 Å². The number of fused-ring (bicyclic) bond motifs is 1. The summed E-state index contributed by atoms with van der Waals surface area (Å²) in [5, 5.41) is 11.1. The van der Waals surface area contributed by atoms with E-state index < -0.39 is 17.7 Å². The number of carbonyl (C=O) groups is 2. The minimum atomic E-state index is -0.847. The van der Waals surface area contributed by atoms with Gasteiger partial charge in [0, 0.05) is 18.2 Å². The molecule has 7 heteroatoms. The van der Waals surface area contributed by atoms with Crippen molar-refractivity contribution in [2.24, 2.45) is 0 Å². The highest BCUT2D eigenvalue weighted by molar-refractivity contribution is 6.46. The van der Waals surface area contributed by atoms with Crippen LogP contribution in [0.4, 0.5) is 0 Å². The molecule has 0 saturated carbocycles. The van der Waals surface area contributed by atoms with Crippen LogP contribution in [-0.2, 0) is 22.6 Å². The maximum Gasteiger partial charge on any atom is 0.296 e. The van der Waals surface area contributed by atoms with Gasteiger partial charge in [0.2, 0.25) is 0 Å². The molecule has 2 aliphatic heterocycles. The van der Waals surface area contributed by atoms with E-state index in [2.05, 4.69) is 4.98 Å². The molecule has 1 amide bonds. The molecule has 1 atom stereocenters. The van der Waals surface area contributed by atoms with E-state index in [4.69, 9.17) is 9.15 Å². The Labute approximate surface area is 178 Å². The number of aliphatic hydroxyl groups is 1. The van der Waals surface area contributed by atoms with E-state index >= 15 is 0 Å². The summed E-state index contributed by atoms with van der Waals surface area (Å²) in [4.78, 5) is 31.7. The van der Waals surface area contributed by atoms with Gasteiger partial charge in [0.1, 0.15) is 29.1 Å². The normalized spacial score (nSPS) is 19.5. The number of aliphatic hydroxyl groups excluding tert-OH is 1. The smallest absolute Gasteiger partial charge is 0.296 e. The largest absolute Gasteiger partial charge is 0.507 e. The minimum absolute atomic E-state index is 0.00847. The van der Waals surface area contributed by atoms with E-state index in [0.29, 0.717) is 29.4 Å². The summed E-state index contributed by atoms with van der Waals surface area (Å²) in [5.74, 6) is 0.160. The van der Waals surface area contributed by atoms with Gasteiger partial charge in [-0.05, 0) is 55.0 Å². The Balaban J connectivity index is 1.63. The number of furan rings is 1. The maximum absolute atomic E-state index is 13.0. The summed E-state index contributed by atoms with van der Waals surface area (Å²) in [6, 6.07) is 13.3. The number of aromatic nitrogens is 1. The van der Waals surface area contributed by atoms with Crippen molar-refractivity contribution in [3.63, 3.8) is 0 Å². The Morgan fingerprint density at radius 2 is 2.06 bits per heavy atom. The van der Waals surface area contributed by atoms with Crippen molar-refractivity contribution in [3.05, 3.63) is 88.6 Å². The van der Waals surface area contributed by atoms with Crippen molar-refractivity contribution in [1.29, 1.82) is 0 Å². The monoisotopic (exact) mass is 416 g/mol. The molecule has 1 unspecified atom stereocenters. The predicted octanol–water partition coefficient (Wildman–Crippen LogP) is 3.54. The first-order valence-corrected chi connectivity index (χ1v) is 10.0.